The molecule has 0 aromatic carbocycles. The van der Waals surface area contributed by atoms with Crippen molar-refractivity contribution in [3.05, 3.63) is 0 Å². The van der Waals surface area contributed by atoms with Gasteiger partial charge in [-0.25, -0.2) is 4.79 Å². The summed E-state index contributed by atoms with van der Waals surface area (Å²) in [7, 11) is -1.43. The molecule has 0 radical (unpaired) electrons. The quantitative estimate of drug-likeness (QED) is 0.784. The highest BCUT2D eigenvalue weighted by molar-refractivity contribution is 7.54. The Bertz CT molecular complexity index is 452. The van der Waals surface area contributed by atoms with Crippen molar-refractivity contribution in [2.75, 3.05) is 20.8 Å². The summed E-state index contributed by atoms with van der Waals surface area (Å²) in [4.78, 5) is 13.7. The summed E-state index contributed by atoms with van der Waals surface area (Å²) >= 11 is 0. The molecular weight excluding hydrogens is 313 g/mol. The maximum absolute atomic E-state index is 12.4. The smallest absolute Gasteiger partial charge is 0.413 e. The van der Waals surface area contributed by atoms with E-state index in [1.807, 2.05) is 0 Å². The summed E-state index contributed by atoms with van der Waals surface area (Å²) in [6, 6.07) is -0.907. The van der Waals surface area contributed by atoms with Crippen LogP contribution in [0.15, 0.2) is 0 Å². The number of hydrogen-bond acceptors (Lipinski definition) is 7. The summed E-state index contributed by atoms with van der Waals surface area (Å²) < 4.78 is 32.9. The highest BCUT2D eigenvalue weighted by Gasteiger charge is 2.53. The molecule has 2 atom stereocenters. The van der Waals surface area contributed by atoms with Crippen molar-refractivity contribution in [3.8, 4) is 0 Å². The number of aliphatic hydroxyl groups excluding tert-OH is 1. The number of hydrogen-bond donors (Lipinski definition) is 1. The number of aliphatic hydroxyl groups is 1. The summed E-state index contributed by atoms with van der Waals surface area (Å²) in [6.07, 6.45) is -0.669. The van der Waals surface area contributed by atoms with Crippen molar-refractivity contribution in [1.82, 2.24) is 4.90 Å². The number of rotatable bonds is 4. The summed E-state index contributed by atoms with van der Waals surface area (Å²) in [5, 5.41) is 10.4. The molecule has 0 unspecified atom stereocenters. The number of ether oxygens (including phenoxy) is 2. The molecule has 9 heteroatoms. The SMILES string of the molecule is COP(=O)(OC)[C@H](O)[C@@H]1COC(C)(C)N1C(=O)OC(C)(C)C. The molecule has 8 nitrogen and oxygen atoms in total. The Hall–Kier alpha value is -0.660. The molecule has 1 amide bonds. The maximum Gasteiger partial charge on any atom is 0.413 e. The average molecular weight is 339 g/mol. The molecular formula is C13H26NO7P. The second kappa shape index (κ2) is 6.45. The first-order valence-electron chi connectivity index (χ1n) is 6.93. The Kier molecular flexibility index (Phi) is 5.69. The zero-order valence-corrected chi connectivity index (χ0v) is 15.0. The van der Waals surface area contributed by atoms with E-state index in [1.54, 1.807) is 34.6 Å². The highest BCUT2D eigenvalue weighted by atomic mass is 31.2. The van der Waals surface area contributed by atoms with E-state index in [2.05, 4.69) is 0 Å². The van der Waals surface area contributed by atoms with E-state index in [9.17, 15) is 14.5 Å². The Balaban J connectivity index is 3.09. The van der Waals surface area contributed by atoms with Crippen LogP contribution in [-0.2, 0) is 23.1 Å². The molecule has 0 bridgehead atoms. The molecule has 0 aromatic heterocycles. The topological polar surface area (TPSA) is 94.5 Å². The molecule has 1 N–H and O–H groups in total. The predicted octanol–water partition coefficient (Wildman–Crippen LogP) is 2.16. The first kappa shape index (κ1) is 19.4. The Labute approximate surface area is 131 Å². The van der Waals surface area contributed by atoms with E-state index >= 15 is 0 Å². The van der Waals surface area contributed by atoms with E-state index in [-0.39, 0.29) is 6.61 Å². The number of amides is 1. The van der Waals surface area contributed by atoms with Gasteiger partial charge in [0, 0.05) is 14.2 Å². The standard InChI is InChI=1S/C13H26NO7P/c1-12(2,3)21-11(16)14-9(8-20-13(14,4)5)10(15)22(17,18-6)19-7/h9-10,15H,8H2,1-7H3/t9-,10-/m0/s1. The lowest BCUT2D eigenvalue weighted by atomic mass is 10.2. The highest BCUT2D eigenvalue weighted by Crippen LogP contribution is 2.53. The minimum absolute atomic E-state index is 0.00980. The van der Waals surface area contributed by atoms with E-state index in [0.717, 1.165) is 0 Å². The van der Waals surface area contributed by atoms with Crippen molar-refractivity contribution in [2.24, 2.45) is 0 Å². The minimum atomic E-state index is -3.78. The molecule has 1 rings (SSSR count). The van der Waals surface area contributed by atoms with Gasteiger partial charge in [-0.05, 0) is 34.6 Å². The van der Waals surface area contributed by atoms with Gasteiger partial charge in [0.15, 0.2) is 5.85 Å². The van der Waals surface area contributed by atoms with Gasteiger partial charge in [-0.2, -0.15) is 0 Å². The van der Waals surface area contributed by atoms with Gasteiger partial charge in [0.1, 0.15) is 11.3 Å². The van der Waals surface area contributed by atoms with Crippen LogP contribution in [0.3, 0.4) is 0 Å². The lowest BCUT2D eigenvalue weighted by Gasteiger charge is -2.37. The predicted molar refractivity (Wildman–Crippen MR) is 79.5 cm³/mol. The molecule has 1 aliphatic rings. The van der Waals surface area contributed by atoms with Gasteiger partial charge in [-0.3, -0.25) is 9.46 Å². The average Bonchev–Trinajstić information content (AvgIpc) is 2.70. The first-order valence-corrected chi connectivity index (χ1v) is 8.54. The molecule has 1 saturated heterocycles. The Morgan fingerprint density at radius 1 is 1.36 bits per heavy atom. The van der Waals surface area contributed by atoms with Crippen molar-refractivity contribution in [3.63, 3.8) is 0 Å². The third kappa shape index (κ3) is 4.00. The van der Waals surface area contributed by atoms with Crippen molar-refractivity contribution in [1.29, 1.82) is 0 Å². The largest absolute Gasteiger partial charge is 0.444 e. The van der Waals surface area contributed by atoms with E-state index in [1.165, 1.54) is 19.1 Å². The van der Waals surface area contributed by atoms with Crippen molar-refractivity contribution in [2.45, 2.75) is 57.8 Å². The van der Waals surface area contributed by atoms with Gasteiger partial charge in [-0.15, -0.1) is 0 Å². The zero-order chi connectivity index (χ0) is 17.3. The first-order chi connectivity index (χ1) is 9.88. The van der Waals surface area contributed by atoms with Crippen LogP contribution in [0.5, 0.6) is 0 Å². The molecule has 0 aliphatic carbocycles. The molecule has 0 saturated carbocycles. The fourth-order valence-electron chi connectivity index (χ4n) is 2.22. The van der Waals surface area contributed by atoms with Gasteiger partial charge in [0.05, 0.1) is 12.6 Å². The van der Waals surface area contributed by atoms with Crippen LogP contribution in [0.25, 0.3) is 0 Å². The van der Waals surface area contributed by atoms with Crippen molar-refractivity contribution >= 4 is 13.7 Å². The van der Waals surface area contributed by atoms with Crippen LogP contribution < -0.4 is 0 Å². The van der Waals surface area contributed by atoms with Crippen LogP contribution in [0.2, 0.25) is 0 Å². The van der Waals surface area contributed by atoms with E-state index in [0.29, 0.717) is 0 Å². The van der Waals surface area contributed by atoms with E-state index in [4.69, 9.17) is 18.5 Å². The van der Waals surface area contributed by atoms with Crippen LogP contribution in [0.4, 0.5) is 4.79 Å². The summed E-state index contributed by atoms with van der Waals surface area (Å²) in [5.41, 5.74) is -1.72. The number of carbonyl (C=O) groups is 1. The van der Waals surface area contributed by atoms with Gasteiger partial charge in [0.25, 0.3) is 0 Å². The Morgan fingerprint density at radius 2 is 1.86 bits per heavy atom. The maximum atomic E-state index is 12.4. The van der Waals surface area contributed by atoms with E-state index < -0.39 is 36.9 Å². The molecule has 0 aromatic rings. The molecule has 1 aliphatic heterocycles. The summed E-state index contributed by atoms with van der Waals surface area (Å²) in [5.74, 6) is -1.54. The Morgan fingerprint density at radius 3 is 2.27 bits per heavy atom. The number of carbonyl (C=O) groups excluding carboxylic acids is 1. The van der Waals surface area contributed by atoms with Gasteiger partial charge >= 0.3 is 13.7 Å². The fraction of sp³-hybridized carbons (Fsp3) is 0.923. The third-order valence-corrected chi connectivity index (χ3v) is 5.30. The molecule has 1 fully saturated rings. The third-order valence-electron chi connectivity index (χ3n) is 3.29. The normalized spacial score (nSPS) is 23.5. The molecule has 130 valence electrons. The second-order valence-electron chi connectivity index (χ2n) is 6.49. The fourth-order valence-corrected chi connectivity index (χ4v) is 3.44. The van der Waals surface area contributed by atoms with Gasteiger partial charge in [0.2, 0.25) is 0 Å². The van der Waals surface area contributed by atoms with Crippen LogP contribution in [-0.4, -0.2) is 60.1 Å². The molecule has 1 heterocycles. The van der Waals surface area contributed by atoms with Crippen LogP contribution >= 0.6 is 7.60 Å². The van der Waals surface area contributed by atoms with Crippen LogP contribution in [0.1, 0.15) is 34.6 Å². The van der Waals surface area contributed by atoms with Crippen LogP contribution in [0, 0.1) is 0 Å². The number of nitrogens with zero attached hydrogens (tertiary/aromatic N) is 1. The minimum Gasteiger partial charge on any atom is -0.444 e. The summed E-state index contributed by atoms with van der Waals surface area (Å²) in [6.45, 7) is 8.51. The zero-order valence-electron chi connectivity index (χ0n) is 14.2. The monoisotopic (exact) mass is 339 g/mol. The van der Waals surface area contributed by atoms with Gasteiger partial charge < -0.3 is 23.6 Å². The molecule has 22 heavy (non-hydrogen) atoms. The van der Waals surface area contributed by atoms with Gasteiger partial charge in [-0.1, -0.05) is 0 Å². The van der Waals surface area contributed by atoms with Crippen molar-refractivity contribution < 1.29 is 33.0 Å². The molecule has 0 spiro atoms. The lowest BCUT2D eigenvalue weighted by Crippen LogP contribution is -2.53. The lowest BCUT2D eigenvalue weighted by molar-refractivity contribution is -0.0657. The second-order valence-corrected chi connectivity index (χ2v) is 8.83.